The minimum Gasteiger partial charge on any atom is -0.361 e. The Morgan fingerprint density at radius 3 is 2.78 bits per heavy atom. The van der Waals surface area contributed by atoms with E-state index in [0.717, 1.165) is 0 Å². The summed E-state index contributed by atoms with van der Waals surface area (Å²) >= 11 is 0. The third-order valence-electron chi connectivity index (χ3n) is 1.46. The SMILES string of the molecule is c1c[nH]c2cccc-2c1. The van der Waals surface area contributed by atoms with Crippen LogP contribution in [0.1, 0.15) is 0 Å². The van der Waals surface area contributed by atoms with E-state index in [2.05, 4.69) is 23.2 Å². The van der Waals surface area contributed by atoms with E-state index < -0.39 is 0 Å². The molecule has 0 aromatic heterocycles. The first-order valence-corrected chi connectivity index (χ1v) is 2.99. The molecule has 0 saturated heterocycles. The van der Waals surface area contributed by atoms with Crippen LogP contribution in [-0.2, 0) is 0 Å². The first-order chi connectivity index (χ1) is 4.47. The normalized spacial score (nSPS) is 10.2. The minimum absolute atomic E-state index is 1.21. The van der Waals surface area contributed by atoms with Crippen LogP contribution in [0, 0.1) is 0 Å². The van der Waals surface area contributed by atoms with Crippen LogP contribution in [0.4, 0.5) is 0 Å². The molecule has 2 aliphatic rings. The highest BCUT2D eigenvalue weighted by Gasteiger charge is 1.95. The number of H-pyrrole nitrogens is 1. The van der Waals surface area contributed by atoms with Gasteiger partial charge >= 0.3 is 0 Å². The predicted molar refractivity (Wildman–Crippen MR) is 37.4 cm³/mol. The van der Waals surface area contributed by atoms with Crippen molar-refractivity contribution >= 4 is 0 Å². The molecule has 1 aliphatic heterocycles. The molecule has 0 fully saturated rings. The molecule has 0 amide bonds. The Balaban J connectivity index is 2.79. The highest BCUT2D eigenvalue weighted by atomic mass is 14.7. The summed E-state index contributed by atoms with van der Waals surface area (Å²) in [6.07, 6.45) is 1.93. The molecule has 1 nitrogen and oxygen atoms in total. The lowest BCUT2D eigenvalue weighted by molar-refractivity contribution is 1.34. The van der Waals surface area contributed by atoms with Gasteiger partial charge in [0.25, 0.3) is 0 Å². The molecular formula is C8H7N. The zero-order chi connectivity index (χ0) is 6.10. The summed E-state index contributed by atoms with van der Waals surface area (Å²) in [5, 5.41) is 0. The van der Waals surface area contributed by atoms with E-state index in [-0.39, 0.29) is 0 Å². The van der Waals surface area contributed by atoms with Crippen LogP contribution in [0.15, 0.2) is 36.5 Å². The van der Waals surface area contributed by atoms with Gasteiger partial charge in [0.05, 0.1) is 0 Å². The van der Waals surface area contributed by atoms with Gasteiger partial charge in [-0.2, -0.15) is 0 Å². The number of rotatable bonds is 0. The van der Waals surface area contributed by atoms with Gasteiger partial charge in [0.1, 0.15) is 0 Å². The number of aromatic amines is 1. The van der Waals surface area contributed by atoms with Gasteiger partial charge < -0.3 is 4.98 Å². The summed E-state index contributed by atoms with van der Waals surface area (Å²) in [4.78, 5) is 3.13. The maximum Gasteiger partial charge on any atom is 0.0453 e. The van der Waals surface area contributed by atoms with E-state index in [1.165, 1.54) is 11.3 Å². The van der Waals surface area contributed by atoms with Gasteiger partial charge in [0.15, 0.2) is 0 Å². The molecule has 0 spiro atoms. The van der Waals surface area contributed by atoms with E-state index in [0.29, 0.717) is 0 Å². The van der Waals surface area contributed by atoms with E-state index in [4.69, 9.17) is 0 Å². The number of pyridine rings is 1. The van der Waals surface area contributed by atoms with Crippen molar-refractivity contribution in [3.63, 3.8) is 0 Å². The monoisotopic (exact) mass is 117 g/mol. The largest absolute Gasteiger partial charge is 0.361 e. The molecule has 1 heterocycles. The highest BCUT2D eigenvalue weighted by molar-refractivity contribution is 5.61. The second-order valence-electron chi connectivity index (χ2n) is 2.06. The molecule has 1 heteroatoms. The van der Waals surface area contributed by atoms with E-state index in [9.17, 15) is 0 Å². The smallest absolute Gasteiger partial charge is 0.0453 e. The zero-order valence-corrected chi connectivity index (χ0v) is 4.96. The summed E-state index contributed by atoms with van der Waals surface area (Å²) in [6, 6.07) is 10.3. The number of hydrogen-bond donors (Lipinski definition) is 1. The van der Waals surface area contributed by atoms with Gasteiger partial charge in [-0.25, -0.2) is 0 Å². The molecule has 0 aromatic carbocycles. The molecule has 44 valence electrons. The number of nitrogens with one attached hydrogen (secondary N) is 1. The predicted octanol–water partition coefficient (Wildman–Crippen LogP) is 2.12. The molecule has 0 unspecified atom stereocenters. The molecule has 2 rings (SSSR count). The van der Waals surface area contributed by atoms with Gasteiger partial charge in [-0.1, -0.05) is 18.2 Å². The average molecular weight is 117 g/mol. The highest BCUT2D eigenvalue weighted by Crippen LogP contribution is 2.17. The number of fused-ring (bicyclic) bond motifs is 1. The summed E-state index contributed by atoms with van der Waals surface area (Å²) in [7, 11) is 0. The fourth-order valence-electron chi connectivity index (χ4n) is 1.00. The molecule has 0 radical (unpaired) electrons. The van der Waals surface area contributed by atoms with E-state index in [1.807, 2.05) is 18.3 Å². The van der Waals surface area contributed by atoms with E-state index in [1.54, 1.807) is 0 Å². The first-order valence-electron chi connectivity index (χ1n) is 2.99. The Labute approximate surface area is 53.7 Å². The number of aromatic nitrogens is 1. The van der Waals surface area contributed by atoms with Crippen molar-refractivity contribution in [2.24, 2.45) is 0 Å². The Kier molecular flexibility index (Phi) is 0.833. The Hall–Kier alpha value is -1.24. The van der Waals surface area contributed by atoms with Gasteiger partial charge in [-0.3, -0.25) is 0 Å². The Bertz CT molecular complexity index is 245. The molecule has 0 aromatic rings. The maximum atomic E-state index is 3.13. The fraction of sp³-hybridized carbons (Fsp3) is 0. The third kappa shape index (κ3) is 0.617. The second kappa shape index (κ2) is 1.62. The van der Waals surface area contributed by atoms with Gasteiger partial charge in [-0.15, -0.1) is 0 Å². The standard InChI is InChI=1S/C8H7N/c1-3-7-4-2-6-9-8(7)5-1/h1-6,9H. The summed E-state index contributed by atoms with van der Waals surface area (Å²) in [6.45, 7) is 0. The third-order valence-corrected chi connectivity index (χ3v) is 1.46. The van der Waals surface area contributed by atoms with Crippen LogP contribution in [0.5, 0.6) is 0 Å². The van der Waals surface area contributed by atoms with Crippen molar-refractivity contribution < 1.29 is 0 Å². The van der Waals surface area contributed by atoms with Crippen LogP contribution >= 0.6 is 0 Å². The van der Waals surface area contributed by atoms with Crippen molar-refractivity contribution in [2.45, 2.75) is 0 Å². The number of hydrogen-bond acceptors (Lipinski definition) is 0. The Morgan fingerprint density at radius 1 is 1.00 bits per heavy atom. The Morgan fingerprint density at radius 2 is 1.89 bits per heavy atom. The van der Waals surface area contributed by atoms with Gasteiger partial charge in [-0.05, 0) is 17.7 Å². The van der Waals surface area contributed by atoms with E-state index >= 15 is 0 Å². The summed E-state index contributed by atoms with van der Waals surface area (Å²) < 4.78 is 0. The molecule has 1 aliphatic carbocycles. The van der Waals surface area contributed by atoms with Crippen molar-refractivity contribution in [3.8, 4) is 11.3 Å². The molecule has 0 atom stereocenters. The summed E-state index contributed by atoms with van der Waals surface area (Å²) in [5.74, 6) is 0. The zero-order valence-electron chi connectivity index (χ0n) is 4.96. The van der Waals surface area contributed by atoms with Crippen LogP contribution < -0.4 is 0 Å². The summed E-state index contributed by atoms with van der Waals surface area (Å²) in [5.41, 5.74) is 2.48. The van der Waals surface area contributed by atoms with Crippen molar-refractivity contribution in [3.05, 3.63) is 36.5 Å². The minimum atomic E-state index is 1.21. The second-order valence-corrected chi connectivity index (χ2v) is 2.06. The molecule has 9 heavy (non-hydrogen) atoms. The lowest BCUT2D eigenvalue weighted by Crippen LogP contribution is -1.74. The van der Waals surface area contributed by atoms with Crippen LogP contribution in [0.2, 0.25) is 0 Å². The van der Waals surface area contributed by atoms with Crippen molar-refractivity contribution in [1.82, 2.24) is 4.98 Å². The van der Waals surface area contributed by atoms with Crippen LogP contribution in [0.3, 0.4) is 0 Å². The van der Waals surface area contributed by atoms with Gasteiger partial charge in [0, 0.05) is 11.9 Å². The molecule has 1 N–H and O–H groups in total. The van der Waals surface area contributed by atoms with Crippen molar-refractivity contribution in [2.75, 3.05) is 0 Å². The lowest BCUT2D eigenvalue weighted by atomic mass is 10.2. The van der Waals surface area contributed by atoms with Crippen molar-refractivity contribution in [1.29, 1.82) is 0 Å². The lowest BCUT2D eigenvalue weighted by Gasteiger charge is -1.93. The topological polar surface area (TPSA) is 15.8 Å². The van der Waals surface area contributed by atoms with Crippen LogP contribution in [0.25, 0.3) is 11.3 Å². The average Bonchev–Trinajstić information content (AvgIpc) is 2.33. The molecule has 0 bridgehead atoms. The maximum absolute atomic E-state index is 3.13. The molecule has 0 saturated carbocycles. The van der Waals surface area contributed by atoms with Crippen LogP contribution in [-0.4, -0.2) is 4.98 Å². The molecular weight excluding hydrogens is 110 g/mol. The fourth-order valence-corrected chi connectivity index (χ4v) is 1.00. The first kappa shape index (κ1) is 4.62. The quantitative estimate of drug-likeness (QED) is 0.544. The van der Waals surface area contributed by atoms with Gasteiger partial charge in [0.2, 0.25) is 0 Å².